The smallest absolute Gasteiger partial charge is 0.251 e. The lowest BCUT2D eigenvalue weighted by atomic mass is 10.0. The summed E-state index contributed by atoms with van der Waals surface area (Å²) in [6.45, 7) is 4.79. The molecule has 0 spiro atoms. The maximum absolute atomic E-state index is 12.5. The van der Waals surface area contributed by atoms with E-state index in [1.54, 1.807) is 24.5 Å². The molecule has 30 heavy (non-hydrogen) atoms. The van der Waals surface area contributed by atoms with Crippen LogP contribution in [0.15, 0.2) is 67.0 Å². The van der Waals surface area contributed by atoms with Crippen molar-refractivity contribution in [3.63, 3.8) is 0 Å². The molecule has 2 heterocycles. The lowest BCUT2D eigenvalue weighted by Gasteiger charge is -2.33. The number of carbonyl (C=O) groups is 1. The first kappa shape index (κ1) is 20.6. The fraction of sp³-hybridized carbons (Fsp3) is 0.280. The molecular formula is C25H26ClN3O. The molecule has 0 bridgehead atoms. The number of aryl methyl sites for hydroxylation is 1. The van der Waals surface area contributed by atoms with E-state index in [1.807, 2.05) is 13.0 Å². The highest BCUT2D eigenvalue weighted by Crippen LogP contribution is 2.26. The Labute approximate surface area is 182 Å². The summed E-state index contributed by atoms with van der Waals surface area (Å²) in [5, 5.41) is 3.97. The first-order valence-electron chi connectivity index (χ1n) is 10.4. The van der Waals surface area contributed by atoms with E-state index in [-0.39, 0.29) is 11.9 Å². The molecule has 0 saturated carbocycles. The summed E-state index contributed by atoms with van der Waals surface area (Å²) in [4.78, 5) is 18.9. The third-order valence-corrected chi connectivity index (χ3v) is 6.03. The van der Waals surface area contributed by atoms with Crippen LogP contribution in [0.5, 0.6) is 0 Å². The van der Waals surface area contributed by atoms with Gasteiger partial charge in [-0.05, 0) is 72.8 Å². The van der Waals surface area contributed by atoms with Gasteiger partial charge in [0.2, 0.25) is 0 Å². The van der Waals surface area contributed by atoms with E-state index in [0.717, 1.165) is 48.6 Å². The first-order chi connectivity index (χ1) is 14.6. The van der Waals surface area contributed by atoms with Crippen LogP contribution in [0.2, 0.25) is 5.02 Å². The molecule has 1 amide bonds. The number of likely N-dealkylation sites (tertiary alicyclic amines) is 1. The molecule has 1 atom stereocenters. The van der Waals surface area contributed by atoms with Gasteiger partial charge in [-0.25, -0.2) is 0 Å². The van der Waals surface area contributed by atoms with Crippen LogP contribution in [-0.2, 0) is 6.54 Å². The Bertz CT molecular complexity index is 1020. The minimum absolute atomic E-state index is 0.0255. The number of hydrogen-bond acceptors (Lipinski definition) is 3. The van der Waals surface area contributed by atoms with Crippen molar-refractivity contribution in [2.24, 2.45) is 0 Å². The van der Waals surface area contributed by atoms with E-state index < -0.39 is 0 Å². The zero-order valence-electron chi connectivity index (χ0n) is 17.1. The molecule has 1 fully saturated rings. The van der Waals surface area contributed by atoms with Gasteiger partial charge in [-0.2, -0.15) is 0 Å². The molecular weight excluding hydrogens is 394 g/mol. The highest BCUT2D eigenvalue weighted by Gasteiger charge is 2.22. The van der Waals surface area contributed by atoms with Gasteiger partial charge in [0, 0.05) is 42.1 Å². The van der Waals surface area contributed by atoms with Crippen LogP contribution in [-0.4, -0.2) is 34.9 Å². The number of amides is 1. The van der Waals surface area contributed by atoms with Crippen molar-refractivity contribution in [3.05, 3.63) is 88.7 Å². The summed E-state index contributed by atoms with van der Waals surface area (Å²) in [5.41, 5.74) is 5.32. The maximum Gasteiger partial charge on any atom is 0.251 e. The van der Waals surface area contributed by atoms with Gasteiger partial charge >= 0.3 is 0 Å². The average Bonchev–Trinajstić information content (AvgIpc) is 2.77. The Hall–Kier alpha value is -2.69. The average molecular weight is 420 g/mol. The lowest BCUT2D eigenvalue weighted by molar-refractivity contribution is 0.0900. The predicted molar refractivity (Wildman–Crippen MR) is 122 cm³/mol. The van der Waals surface area contributed by atoms with Crippen molar-refractivity contribution in [2.45, 2.75) is 32.4 Å². The summed E-state index contributed by atoms with van der Waals surface area (Å²) in [7, 11) is 0. The van der Waals surface area contributed by atoms with Gasteiger partial charge in [-0.1, -0.05) is 41.9 Å². The summed E-state index contributed by atoms with van der Waals surface area (Å²) in [6.07, 6.45) is 5.39. The zero-order valence-corrected chi connectivity index (χ0v) is 17.9. The standard InChI is InChI=1S/C25H26ClN3O/c1-18-7-8-22(15-24(18)26)21-5-2-4-19(14-21)16-29-13-3-6-23(17-29)28-25(30)20-9-11-27-12-10-20/h2,4-5,7-12,14-15,23H,3,6,13,16-17H2,1H3,(H,28,30). The number of carbonyl (C=O) groups excluding carboxylic acids is 1. The van der Waals surface area contributed by atoms with E-state index in [1.165, 1.54) is 11.1 Å². The molecule has 1 unspecified atom stereocenters. The lowest BCUT2D eigenvalue weighted by Crippen LogP contribution is -2.47. The van der Waals surface area contributed by atoms with Gasteiger partial charge in [0.15, 0.2) is 0 Å². The van der Waals surface area contributed by atoms with Crippen LogP contribution >= 0.6 is 11.6 Å². The highest BCUT2D eigenvalue weighted by molar-refractivity contribution is 6.31. The Morgan fingerprint density at radius 1 is 1.13 bits per heavy atom. The van der Waals surface area contributed by atoms with Gasteiger partial charge in [0.1, 0.15) is 0 Å². The van der Waals surface area contributed by atoms with Crippen LogP contribution in [0.3, 0.4) is 0 Å². The van der Waals surface area contributed by atoms with Gasteiger partial charge < -0.3 is 5.32 Å². The minimum Gasteiger partial charge on any atom is -0.348 e. The Kier molecular flexibility index (Phi) is 6.46. The summed E-state index contributed by atoms with van der Waals surface area (Å²) in [6, 6.07) is 18.5. The minimum atomic E-state index is -0.0255. The van der Waals surface area contributed by atoms with E-state index in [0.29, 0.717) is 5.56 Å². The number of hydrogen-bond donors (Lipinski definition) is 1. The second-order valence-electron chi connectivity index (χ2n) is 7.95. The molecule has 4 rings (SSSR count). The van der Waals surface area contributed by atoms with Crippen molar-refractivity contribution < 1.29 is 4.79 Å². The maximum atomic E-state index is 12.5. The summed E-state index contributed by atoms with van der Waals surface area (Å²) < 4.78 is 0. The molecule has 0 aliphatic carbocycles. The van der Waals surface area contributed by atoms with Crippen LogP contribution in [0.25, 0.3) is 11.1 Å². The molecule has 5 heteroatoms. The molecule has 1 N–H and O–H groups in total. The normalized spacial score (nSPS) is 16.9. The number of piperidine rings is 1. The van der Waals surface area contributed by atoms with Crippen molar-refractivity contribution in [3.8, 4) is 11.1 Å². The molecule has 154 valence electrons. The molecule has 1 aliphatic heterocycles. The Balaban J connectivity index is 1.40. The van der Waals surface area contributed by atoms with Crippen molar-refractivity contribution in [1.82, 2.24) is 15.2 Å². The fourth-order valence-corrected chi connectivity index (χ4v) is 4.15. The molecule has 1 saturated heterocycles. The van der Waals surface area contributed by atoms with Gasteiger partial charge in [0.05, 0.1) is 0 Å². The van der Waals surface area contributed by atoms with Crippen LogP contribution in [0.4, 0.5) is 0 Å². The monoisotopic (exact) mass is 419 g/mol. The first-order valence-corrected chi connectivity index (χ1v) is 10.7. The number of rotatable bonds is 5. The topological polar surface area (TPSA) is 45.2 Å². The van der Waals surface area contributed by atoms with Gasteiger partial charge in [-0.3, -0.25) is 14.7 Å². The highest BCUT2D eigenvalue weighted by atomic mass is 35.5. The van der Waals surface area contributed by atoms with Gasteiger partial charge in [-0.15, -0.1) is 0 Å². The van der Waals surface area contributed by atoms with E-state index in [4.69, 9.17) is 11.6 Å². The van der Waals surface area contributed by atoms with Crippen molar-refractivity contribution in [2.75, 3.05) is 13.1 Å². The van der Waals surface area contributed by atoms with Crippen LogP contribution in [0.1, 0.15) is 34.3 Å². The zero-order chi connectivity index (χ0) is 20.9. The van der Waals surface area contributed by atoms with E-state index >= 15 is 0 Å². The number of pyridine rings is 1. The third kappa shape index (κ3) is 5.07. The van der Waals surface area contributed by atoms with Crippen LogP contribution < -0.4 is 5.32 Å². The second kappa shape index (κ2) is 9.41. The molecule has 2 aromatic carbocycles. The van der Waals surface area contributed by atoms with E-state index in [2.05, 4.69) is 51.6 Å². The number of nitrogens with zero attached hydrogens (tertiary/aromatic N) is 2. The molecule has 4 nitrogen and oxygen atoms in total. The molecule has 1 aromatic heterocycles. The van der Waals surface area contributed by atoms with Crippen LogP contribution in [0, 0.1) is 6.92 Å². The predicted octanol–water partition coefficient (Wildman–Crippen LogP) is 5.10. The van der Waals surface area contributed by atoms with Crippen molar-refractivity contribution in [1.29, 1.82) is 0 Å². The SMILES string of the molecule is Cc1ccc(-c2cccc(CN3CCCC(NC(=O)c4ccncc4)C3)c2)cc1Cl. The largest absolute Gasteiger partial charge is 0.348 e. The number of benzene rings is 2. The molecule has 1 aliphatic rings. The Morgan fingerprint density at radius 3 is 2.73 bits per heavy atom. The molecule has 0 radical (unpaired) electrons. The van der Waals surface area contributed by atoms with Gasteiger partial charge in [0.25, 0.3) is 5.91 Å². The summed E-state index contributed by atoms with van der Waals surface area (Å²) >= 11 is 6.31. The van der Waals surface area contributed by atoms with Crippen molar-refractivity contribution >= 4 is 17.5 Å². The molecule has 3 aromatic rings. The fourth-order valence-electron chi connectivity index (χ4n) is 3.97. The Morgan fingerprint density at radius 2 is 1.93 bits per heavy atom. The third-order valence-electron chi connectivity index (χ3n) is 5.62. The number of nitrogens with one attached hydrogen (secondary N) is 1. The second-order valence-corrected chi connectivity index (χ2v) is 8.36. The number of aromatic nitrogens is 1. The van der Waals surface area contributed by atoms with E-state index in [9.17, 15) is 4.79 Å². The number of halogens is 1. The quantitative estimate of drug-likeness (QED) is 0.625. The summed E-state index contributed by atoms with van der Waals surface area (Å²) in [5.74, 6) is -0.0255.